The molecule has 172 valence electrons. The molecule has 1 fully saturated rings. The van der Waals surface area contributed by atoms with Crippen LogP contribution < -0.4 is 9.47 Å². The first kappa shape index (κ1) is 23.6. The molecule has 0 aromatic heterocycles. The second-order valence-electron chi connectivity index (χ2n) is 7.37. The van der Waals surface area contributed by atoms with Gasteiger partial charge in [-0.25, -0.2) is 0 Å². The third-order valence-corrected chi connectivity index (χ3v) is 6.23. The number of imide groups is 1. The Labute approximate surface area is 206 Å². The molecule has 1 aliphatic rings. The van der Waals surface area contributed by atoms with Crippen molar-refractivity contribution in [3.63, 3.8) is 0 Å². The van der Waals surface area contributed by atoms with Gasteiger partial charge in [0.1, 0.15) is 6.61 Å². The van der Waals surface area contributed by atoms with Crippen LogP contribution in [0.4, 0.5) is 4.79 Å². The highest BCUT2D eigenvalue weighted by molar-refractivity contribution is 8.18. The molecule has 0 spiro atoms. The van der Waals surface area contributed by atoms with E-state index in [1.807, 2.05) is 30.3 Å². The van der Waals surface area contributed by atoms with Gasteiger partial charge in [-0.1, -0.05) is 72.3 Å². The van der Waals surface area contributed by atoms with Crippen LogP contribution >= 0.6 is 23.4 Å². The number of ether oxygens (including phenoxy) is 2. The van der Waals surface area contributed by atoms with Gasteiger partial charge in [0.05, 0.1) is 23.6 Å². The molecule has 3 aromatic rings. The number of hydrogen-bond donors (Lipinski definition) is 0. The summed E-state index contributed by atoms with van der Waals surface area (Å²) in [6.45, 7) is -0.00698. The molecule has 4 rings (SSSR count). The summed E-state index contributed by atoms with van der Waals surface area (Å²) in [7, 11) is 1.49. The van der Waals surface area contributed by atoms with Crippen LogP contribution in [-0.2, 0) is 11.4 Å². The van der Waals surface area contributed by atoms with Gasteiger partial charge in [0.25, 0.3) is 11.1 Å². The van der Waals surface area contributed by atoms with Crippen molar-refractivity contribution in [3.8, 4) is 11.5 Å². The van der Waals surface area contributed by atoms with Crippen LogP contribution in [0.2, 0.25) is 5.02 Å². The van der Waals surface area contributed by atoms with Crippen molar-refractivity contribution in [3.05, 3.63) is 99.4 Å². The van der Waals surface area contributed by atoms with Gasteiger partial charge in [-0.3, -0.25) is 19.3 Å². The van der Waals surface area contributed by atoms with Gasteiger partial charge in [0.15, 0.2) is 17.3 Å². The van der Waals surface area contributed by atoms with Crippen LogP contribution in [0, 0.1) is 0 Å². The van der Waals surface area contributed by atoms with Crippen molar-refractivity contribution in [2.24, 2.45) is 0 Å². The topological polar surface area (TPSA) is 72.9 Å². The van der Waals surface area contributed by atoms with Crippen LogP contribution in [0.3, 0.4) is 0 Å². The summed E-state index contributed by atoms with van der Waals surface area (Å²) in [5.74, 6) is -0.0625. The Morgan fingerprint density at radius 1 is 1.03 bits per heavy atom. The molecule has 6 nitrogen and oxygen atoms in total. The lowest BCUT2D eigenvalue weighted by molar-refractivity contribution is -0.122. The van der Waals surface area contributed by atoms with Gasteiger partial charge in [-0.15, -0.1) is 0 Å². The minimum atomic E-state index is -0.529. The second-order valence-corrected chi connectivity index (χ2v) is 8.77. The number of hydrogen-bond acceptors (Lipinski definition) is 6. The highest BCUT2D eigenvalue weighted by Gasteiger charge is 2.36. The van der Waals surface area contributed by atoms with E-state index in [1.165, 1.54) is 7.11 Å². The predicted octanol–water partition coefficient (Wildman–Crippen LogP) is 5.85. The molecular weight excluding hydrogens is 474 g/mol. The Morgan fingerprint density at radius 2 is 1.71 bits per heavy atom. The average molecular weight is 494 g/mol. The van der Waals surface area contributed by atoms with E-state index in [1.54, 1.807) is 48.5 Å². The van der Waals surface area contributed by atoms with Gasteiger partial charge >= 0.3 is 0 Å². The van der Waals surface area contributed by atoms with E-state index in [0.29, 0.717) is 34.3 Å². The van der Waals surface area contributed by atoms with Crippen molar-refractivity contribution in [2.45, 2.75) is 6.61 Å². The molecule has 8 heteroatoms. The van der Waals surface area contributed by atoms with E-state index >= 15 is 0 Å². The lowest BCUT2D eigenvalue weighted by Gasteiger charge is -2.14. The number of carbonyl (C=O) groups is 3. The van der Waals surface area contributed by atoms with Crippen LogP contribution in [0.1, 0.15) is 21.5 Å². The van der Waals surface area contributed by atoms with Crippen LogP contribution in [0.25, 0.3) is 6.08 Å². The molecule has 1 saturated heterocycles. The lowest BCUT2D eigenvalue weighted by Crippen LogP contribution is -2.33. The van der Waals surface area contributed by atoms with E-state index in [-0.39, 0.29) is 17.2 Å². The lowest BCUT2D eigenvalue weighted by atomic mass is 10.1. The predicted molar refractivity (Wildman–Crippen MR) is 132 cm³/mol. The number of methoxy groups -OCH3 is 1. The third kappa shape index (κ3) is 5.32. The third-order valence-electron chi connectivity index (χ3n) is 5.05. The highest BCUT2D eigenvalue weighted by Crippen LogP contribution is 2.39. The fraction of sp³-hybridized carbons (Fsp3) is 0.115. The number of ketones is 1. The normalized spacial score (nSPS) is 14.5. The van der Waals surface area contributed by atoms with E-state index in [4.69, 9.17) is 21.1 Å². The molecule has 34 heavy (non-hydrogen) atoms. The molecule has 0 radical (unpaired) electrons. The van der Waals surface area contributed by atoms with Gasteiger partial charge < -0.3 is 9.47 Å². The molecule has 0 bridgehead atoms. The van der Waals surface area contributed by atoms with Crippen molar-refractivity contribution < 1.29 is 23.9 Å². The summed E-state index contributed by atoms with van der Waals surface area (Å²) >= 11 is 7.22. The summed E-state index contributed by atoms with van der Waals surface area (Å²) in [5.41, 5.74) is 1.98. The first-order valence-electron chi connectivity index (χ1n) is 10.3. The summed E-state index contributed by atoms with van der Waals surface area (Å²) in [6, 6.07) is 21.5. The van der Waals surface area contributed by atoms with Gasteiger partial charge in [0.2, 0.25) is 0 Å². The molecule has 2 amide bonds. The number of halogens is 1. The Hall–Kier alpha value is -3.55. The van der Waals surface area contributed by atoms with E-state index in [0.717, 1.165) is 22.2 Å². The molecule has 0 saturated carbocycles. The monoisotopic (exact) mass is 493 g/mol. The van der Waals surface area contributed by atoms with E-state index in [9.17, 15) is 14.4 Å². The number of benzene rings is 3. The Balaban J connectivity index is 1.51. The van der Waals surface area contributed by atoms with Crippen molar-refractivity contribution in [1.29, 1.82) is 0 Å². The number of rotatable bonds is 8. The zero-order valence-electron chi connectivity index (χ0n) is 18.2. The maximum Gasteiger partial charge on any atom is 0.293 e. The van der Waals surface area contributed by atoms with Crippen LogP contribution in [0.5, 0.6) is 11.5 Å². The molecule has 1 aliphatic heterocycles. The fourth-order valence-electron chi connectivity index (χ4n) is 3.34. The number of nitrogens with zero attached hydrogens (tertiary/aromatic N) is 1. The SMILES string of the molecule is COc1cc(/C=C2\SC(=O)N(CC(=O)c3ccccc3)C2=O)cc(Cl)c1OCc1ccccc1. The zero-order valence-corrected chi connectivity index (χ0v) is 19.8. The van der Waals surface area contributed by atoms with Gasteiger partial charge in [0, 0.05) is 5.56 Å². The Morgan fingerprint density at radius 3 is 2.38 bits per heavy atom. The van der Waals surface area contributed by atoms with Gasteiger partial charge in [-0.2, -0.15) is 0 Å². The summed E-state index contributed by atoms with van der Waals surface area (Å²) in [5, 5.41) is -0.193. The number of Topliss-reactive ketones (excluding diaryl/α,β-unsaturated/α-hetero) is 1. The highest BCUT2D eigenvalue weighted by atomic mass is 35.5. The summed E-state index contributed by atoms with van der Waals surface area (Å²) < 4.78 is 11.3. The van der Waals surface area contributed by atoms with E-state index < -0.39 is 11.1 Å². The first-order chi connectivity index (χ1) is 16.5. The quantitative estimate of drug-likeness (QED) is 0.289. The first-order valence-corrected chi connectivity index (χ1v) is 11.5. The Bertz CT molecular complexity index is 1260. The molecule has 0 unspecified atom stereocenters. The Kier molecular flexibility index (Phi) is 7.35. The van der Waals surface area contributed by atoms with Crippen molar-refractivity contribution in [2.75, 3.05) is 13.7 Å². The summed E-state index contributed by atoms with van der Waals surface area (Å²) in [6.07, 6.45) is 1.55. The molecule has 0 aliphatic carbocycles. The largest absolute Gasteiger partial charge is 0.493 e. The smallest absolute Gasteiger partial charge is 0.293 e. The maximum atomic E-state index is 12.8. The van der Waals surface area contributed by atoms with E-state index in [2.05, 4.69) is 0 Å². The van der Waals surface area contributed by atoms with Crippen molar-refractivity contribution in [1.82, 2.24) is 4.90 Å². The maximum absolute atomic E-state index is 12.8. The summed E-state index contributed by atoms with van der Waals surface area (Å²) in [4.78, 5) is 38.9. The van der Waals surface area contributed by atoms with Crippen LogP contribution in [-0.4, -0.2) is 35.5 Å². The molecule has 1 heterocycles. The minimum absolute atomic E-state index is 0.196. The zero-order chi connectivity index (χ0) is 24.1. The number of amides is 2. The van der Waals surface area contributed by atoms with Crippen molar-refractivity contribution >= 4 is 46.4 Å². The molecular formula is C26H20ClNO5S. The second kappa shape index (κ2) is 10.6. The number of thioether (sulfide) groups is 1. The standard InChI is InChI=1S/C26H20ClNO5S/c1-32-22-13-18(12-20(27)24(22)33-16-17-8-4-2-5-9-17)14-23-25(30)28(26(31)34-23)15-21(29)19-10-6-3-7-11-19/h2-14H,15-16H2,1H3/b23-14-. The molecule has 0 N–H and O–H groups in total. The van der Waals surface area contributed by atoms with Crippen LogP contribution in [0.15, 0.2) is 77.7 Å². The molecule has 3 aromatic carbocycles. The fourth-order valence-corrected chi connectivity index (χ4v) is 4.45. The minimum Gasteiger partial charge on any atom is -0.493 e. The van der Waals surface area contributed by atoms with Gasteiger partial charge in [-0.05, 0) is 41.1 Å². The average Bonchev–Trinajstić information content (AvgIpc) is 3.11. The molecule has 0 atom stereocenters. The number of carbonyl (C=O) groups excluding carboxylic acids is 3.